The van der Waals surface area contributed by atoms with Gasteiger partial charge in [0.1, 0.15) is 0 Å². The normalized spacial score (nSPS) is 18.2. The minimum atomic E-state index is -0.00142. The van der Waals surface area contributed by atoms with E-state index >= 15 is 0 Å². The molecule has 1 aliphatic carbocycles. The topological polar surface area (TPSA) is 61.4 Å². The minimum Gasteiger partial charge on any atom is -0.353 e. The van der Waals surface area contributed by atoms with E-state index in [0.717, 1.165) is 56.4 Å². The van der Waals surface area contributed by atoms with E-state index in [-0.39, 0.29) is 11.9 Å². The van der Waals surface area contributed by atoms with Crippen LogP contribution in [0.25, 0.3) is 0 Å². The molecule has 1 aliphatic heterocycles. The van der Waals surface area contributed by atoms with Gasteiger partial charge in [0.2, 0.25) is 5.91 Å². The number of nitrogens with one attached hydrogen (secondary N) is 2. The van der Waals surface area contributed by atoms with Crippen LogP contribution in [0.1, 0.15) is 56.9 Å². The molecule has 136 valence electrons. The van der Waals surface area contributed by atoms with Gasteiger partial charge in [-0.05, 0) is 49.8 Å². The van der Waals surface area contributed by atoms with E-state index < -0.39 is 0 Å². The highest BCUT2D eigenvalue weighted by molar-refractivity contribution is 5.89. The first-order valence-electron chi connectivity index (χ1n) is 9.65. The van der Waals surface area contributed by atoms with E-state index in [9.17, 15) is 9.59 Å². The Bertz CT molecular complexity index is 573. The highest BCUT2D eigenvalue weighted by atomic mass is 16.2. The average molecular weight is 343 g/mol. The second kappa shape index (κ2) is 8.88. The lowest BCUT2D eigenvalue weighted by molar-refractivity contribution is -0.121. The molecule has 5 heteroatoms. The lowest BCUT2D eigenvalue weighted by atomic mass is 10.1. The maximum absolute atomic E-state index is 12.4. The van der Waals surface area contributed by atoms with Gasteiger partial charge < -0.3 is 15.5 Å². The van der Waals surface area contributed by atoms with Crippen LogP contribution >= 0.6 is 0 Å². The Morgan fingerprint density at radius 2 is 1.60 bits per heavy atom. The maximum atomic E-state index is 12.4. The molecule has 1 saturated carbocycles. The summed E-state index contributed by atoms with van der Waals surface area (Å²) >= 11 is 0. The molecule has 3 rings (SSSR count). The van der Waals surface area contributed by atoms with Crippen LogP contribution in [0.15, 0.2) is 24.3 Å². The van der Waals surface area contributed by atoms with E-state index in [1.807, 2.05) is 29.2 Å². The maximum Gasteiger partial charge on any atom is 0.321 e. The highest BCUT2D eigenvalue weighted by Crippen LogP contribution is 2.19. The summed E-state index contributed by atoms with van der Waals surface area (Å²) < 4.78 is 0. The molecule has 0 unspecified atom stereocenters. The van der Waals surface area contributed by atoms with Crippen molar-refractivity contribution in [2.45, 2.75) is 63.8 Å². The molecule has 5 nitrogen and oxygen atoms in total. The summed E-state index contributed by atoms with van der Waals surface area (Å²) in [6, 6.07) is 8.26. The molecule has 0 spiro atoms. The van der Waals surface area contributed by atoms with Crippen LogP contribution in [0.3, 0.4) is 0 Å². The number of carbonyl (C=O) groups excluding carboxylic acids is 2. The first kappa shape index (κ1) is 17.8. The van der Waals surface area contributed by atoms with Gasteiger partial charge in [0.05, 0.1) is 0 Å². The number of carbonyl (C=O) groups is 2. The van der Waals surface area contributed by atoms with Crippen LogP contribution in [0.5, 0.6) is 0 Å². The largest absolute Gasteiger partial charge is 0.353 e. The molecule has 0 atom stereocenters. The number of hydrogen-bond donors (Lipinski definition) is 2. The number of urea groups is 1. The van der Waals surface area contributed by atoms with Crippen LogP contribution in [0.4, 0.5) is 10.5 Å². The van der Waals surface area contributed by atoms with Crippen LogP contribution < -0.4 is 10.6 Å². The summed E-state index contributed by atoms with van der Waals surface area (Å²) in [6.07, 6.45) is 9.41. The van der Waals surface area contributed by atoms with Crippen LogP contribution in [-0.4, -0.2) is 36.0 Å². The first-order chi connectivity index (χ1) is 12.2. The monoisotopic (exact) mass is 343 g/mol. The first-order valence-corrected chi connectivity index (χ1v) is 9.65. The molecule has 0 bridgehead atoms. The molecule has 1 aromatic rings. The Labute approximate surface area is 150 Å². The molecule has 0 radical (unpaired) electrons. The van der Waals surface area contributed by atoms with Crippen LogP contribution in [0.2, 0.25) is 0 Å². The Morgan fingerprint density at radius 3 is 2.24 bits per heavy atom. The molecule has 25 heavy (non-hydrogen) atoms. The van der Waals surface area contributed by atoms with Crippen molar-refractivity contribution in [1.29, 1.82) is 0 Å². The molecule has 1 heterocycles. The van der Waals surface area contributed by atoms with E-state index in [1.165, 1.54) is 19.3 Å². The van der Waals surface area contributed by atoms with Crippen molar-refractivity contribution in [3.05, 3.63) is 29.8 Å². The summed E-state index contributed by atoms with van der Waals surface area (Å²) in [5.41, 5.74) is 1.94. The van der Waals surface area contributed by atoms with Gasteiger partial charge >= 0.3 is 6.03 Å². The predicted octanol–water partition coefficient (Wildman–Crippen LogP) is 3.70. The molecule has 1 saturated heterocycles. The lowest BCUT2D eigenvalue weighted by Crippen LogP contribution is -2.37. The molecule has 2 fully saturated rings. The van der Waals surface area contributed by atoms with Gasteiger partial charge in [-0.15, -0.1) is 0 Å². The van der Waals surface area contributed by atoms with Gasteiger partial charge in [0.15, 0.2) is 0 Å². The zero-order valence-electron chi connectivity index (χ0n) is 14.9. The third kappa shape index (κ3) is 6.07. The Balaban J connectivity index is 1.44. The zero-order chi connectivity index (χ0) is 17.5. The Hall–Kier alpha value is -2.04. The zero-order valence-corrected chi connectivity index (χ0v) is 14.9. The molecule has 3 amide bonds. The second-order valence-electron chi connectivity index (χ2n) is 7.22. The molecular formula is C20H29N3O2. The summed E-state index contributed by atoms with van der Waals surface area (Å²) in [4.78, 5) is 26.1. The quantitative estimate of drug-likeness (QED) is 0.856. The number of amides is 3. The average Bonchev–Trinajstić information content (AvgIpc) is 3.38. The predicted molar refractivity (Wildman–Crippen MR) is 99.6 cm³/mol. The third-order valence-corrected chi connectivity index (χ3v) is 4.93. The lowest BCUT2D eigenvalue weighted by Gasteiger charge is -2.25. The Kier molecular flexibility index (Phi) is 6.31. The van der Waals surface area contributed by atoms with Gasteiger partial charge in [-0.1, -0.05) is 31.4 Å². The van der Waals surface area contributed by atoms with E-state index in [2.05, 4.69) is 10.6 Å². The van der Waals surface area contributed by atoms with Crippen molar-refractivity contribution in [1.82, 2.24) is 10.2 Å². The van der Waals surface area contributed by atoms with Gasteiger partial charge in [-0.3, -0.25) is 4.79 Å². The van der Waals surface area contributed by atoms with Crippen molar-refractivity contribution >= 4 is 17.6 Å². The number of aryl methyl sites for hydroxylation is 1. The van der Waals surface area contributed by atoms with Crippen molar-refractivity contribution in [2.24, 2.45) is 0 Å². The number of hydrogen-bond acceptors (Lipinski definition) is 2. The van der Waals surface area contributed by atoms with Crippen molar-refractivity contribution in [2.75, 3.05) is 18.4 Å². The van der Waals surface area contributed by atoms with Crippen LogP contribution in [-0.2, 0) is 11.2 Å². The SMILES string of the molecule is O=C(CCc1ccc(NC(=O)N2CCCCCCC2)cc1)NC1CC1. The van der Waals surface area contributed by atoms with Gasteiger partial charge in [0, 0.05) is 31.2 Å². The fraction of sp³-hybridized carbons (Fsp3) is 0.600. The number of rotatable bonds is 5. The number of benzene rings is 1. The van der Waals surface area contributed by atoms with E-state index in [1.54, 1.807) is 0 Å². The van der Waals surface area contributed by atoms with Crippen molar-refractivity contribution in [3.63, 3.8) is 0 Å². The summed E-state index contributed by atoms with van der Waals surface area (Å²) in [7, 11) is 0. The van der Waals surface area contributed by atoms with Gasteiger partial charge in [-0.25, -0.2) is 4.79 Å². The fourth-order valence-corrected chi connectivity index (χ4v) is 3.19. The van der Waals surface area contributed by atoms with E-state index in [0.29, 0.717) is 12.5 Å². The summed E-state index contributed by atoms with van der Waals surface area (Å²) in [5, 5.41) is 6.00. The van der Waals surface area contributed by atoms with Crippen LogP contribution in [0, 0.1) is 0 Å². The van der Waals surface area contributed by atoms with Gasteiger partial charge in [0.25, 0.3) is 0 Å². The minimum absolute atomic E-state index is 0.00142. The highest BCUT2D eigenvalue weighted by Gasteiger charge is 2.22. The van der Waals surface area contributed by atoms with E-state index in [4.69, 9.17) is 0 Å². The molecule has 2 N–H and O–H groups in total. The smallest absolute Gasteiger partial charge is 0.321 e. The number of nitrogens with zero attached hydrogens (tertiary/aromatic N) is 1. The number of likely N-dealkylation sites (tertiary alicyclic amines) is 1. The molecule has 2 aliphatic rings. The van der Waals surface area contributed by atoms with Crippen molar-refractivity contribution in [3.8, 4) is 0 Å². The standard InChI is InChI=1S/C20H29N3O2/c24-19(21-17-11-12-17)13-8-16-6-9-18(10-7-16)22-20(25)23-14-4-2-1-3-5-15-23/h6-7,9-10,17H,1-5,8,11-15H2,(H,21,24)(H,22,25). The fourth-order valence-electron chi connectivity index (χ4n) is 3.19. The molecule has 0 aromatic heterocycles. The second-order valence-corrected chi connectivity index (χ2v) is 7.22. The number of anilines is 1. The van der Waals surface area contributed by atoms with Gasteiger partial charge in [-0.2, -0.15) is 0 Å². The molecular weight excluding hydrogens is 314 g/mol. The summed E-state index contributed by atoms with van der Waals surface area (Å²) in [6.45, 7) is 1.69. The summed E-state index contributed by atoms with van der Waals surface area (Å²) in [5.74, 6) is 0.136. The third-order valence-electron chi connectivity index (χ3n) is 4.93. The Morgan fingerprint density at radius 1 is 0.960 bits per heavy atom. The molecule has 1 aromatic carbocycles. The van der Waals surface area contributed by atoms with Crippen molar-refractivity contribution < 1.29 is 9.59 Å².